The van der Waals surface area contributed by atoms with Crippen LogP contribution in [0.1, 0.15) is 84.4 Å². The minimum atomic E-state index is -2.33. The highest BCUT2D eigenvalue weighted by atomic mass is 16.7. The Morgan fingerprint density at radius 1 is 0.944 bits per heavy atom. The number of ether oxygens (including phenoxy) is 3. The lowest BCUT2D eigenvalue weighted by atomic mass is 9.67. The van der Waals surface area contributed by atoms with Crippen molar-refractivity contribution >= 4 is 58.5 Å². The predicted octanol–water partition coefficient (Wildman–Crippen LogP) is -4.37. The number of fused-ring (bicyclic) bond motifs is 3. The highest BCUT2D eigenvalue weighted by Gasteiger charge is 2.52. The van der Waals surface area contributed by atoms with E-state index in [0.29, 0.717) is 0 Å². The highest BCUT2D eigenvalue weighted by Crippen LogP contribution is 2.53. The number of nitrogens with one attached hydrogen (secondary N) is 5. The lowest BCUT2D eigenvalue weighted by Crippen LogP contribution is -2.54. The second-order valence-electron chi connectivity index (χ2n) is 18.0. The first-order chi connectivity index (χ1) is 33.5. The first kappa shape index (κ1) is 53.7. The van der Waals surface area contributed by atoms with Gasteiger partial charge in [-0.2, -0.15) is 5.10 Å². The molecule has 1 aromatic rings. The fraction of sp³-hybridized carbons (Fsp3) is 0.556. The van der Waals surface area contributed by atoms with Gasteiger partial charge in [0.2, 0.25) is 29.5 Å². The molecular formula is C45H58N8O18. The highest BCUT2D eigenvalue weighted by molar-refractivity contribution is 6.21. The zero-order chi connectivity index (χ0) is 52.2. The van der Waals surface area contributed by atoms with Crippen molar-refractivity contribution in [1.29, 1.82) is 0 Å². The molecule has 11 atom stereocenters. The second kappa shape index (κ2) is 22.2. The number of carbonyl (C=O) groups excluding carboxylic acids is 9. The lowest BCUT2D eigenvalue weighted by Gasteiger charge is -2.43. The minimum Gasteiger partial charge on any atom is -0.507 e. The van der Waals surface area contributed by atoms with Gasteiger partial charge in [-0.15, -0.1) is 0 Å². The van der Waals surface area contributed by atoms with Crippen molar-refractivity contribution < 1.29 is 88.0 Å². The van der Waals surface area contributed by atoms with Crippen LogP contribution in [0.25, 0.3) is 0 Å². The van der Waals surface area contributed by atoms with E-state index in [0.717, 1.165) is 11.8 Å². The molecule has 5 aliphatic rings. The van der Waals surface area contributed by atoms with Gasteiger partial charge in [0.15, 0.2) is 23.6 Å². The van der Waals surface area contributed by atoms with E-state index in [2.05, 4.69) is 31.8 Å². The molecule has 6 rings (SSSR count). The van der Waals surface area contributed by atoms with Crippen molar-refractivity contribution in [2.45, 2.75) is 107 Å². The van der Waals surface area contributed by atoms with Crippen LogP contribution in [0.15, 0.2) is 29.1 Å². The molecule has 3 aliphatic carbocycles. The monoisotopic (exact) mass is 998 g/mol. The number of likely N-dealkylation sites (tertiary alicyclic amines) is 1. The summed E-state index contributed by atoms with van der Waals surface area (Å²) in [5.74, 6) is -10.8. The van der Waals surface area contributed by atoms with Crippen LogP contribution >= 0.6 is 0 Å². The molecule has 7 unspecified atom stereocenters. The number of aliphatic hydroxyl groups excluding tert-OH is 3. The van der Waals surface area contributed by atoms with E-state index in [1.54, 1.807) is 0 Å². The van der Waals surface area contributed by atoms with E-state index in [1.165, 1.54) is 39.2 Å². The van der Waals surface area contributed by atoms with Gasteiger partial charge >= 0.3 is 0 Å². The molecule has 13 N–H and O–H groups in total. The van der Waals surface area contributed by atoms with Gasteiger partial charge in [0.1, 0.15) is 28.9 Å². The quantitative estimate of drug-likeness (QED) is 0.0398. The summed E-state index contributed by atoms with van der Waals surface area (Å²) in [6.45, 7) is 0.502. The van der Waals surface area contributed by atoms with Crippen LogP contribution in [0, 0.1) is 11.8 Å². The van der Waals surface area contributed by atoms with Gasteiger partial charge in [0.05, 0.1) is 98.9 Å². The standard InChI is InChI=1S/C45H58N8O18/c1-18(55)26-8-21(57)16-53(26)44(67)25(50-32(60)14-47-20(3)56)10-30(58)48-13-31(59)49-15-33(61)52-51-29(17-54)45(68)11-23-36(28(12-45)71-34-9-24(46)39(62)19(2)70-34)43(66)38-37(41(23)64)40(63)22-6-5-7-27(69-4)35(22)42(38)65/h5-7,19,21-22,24-26,28,34-35,39,54,57,62,64,66,68H,8-17,46H2,1-4H3,(H,47,56)(H,48,58)(H,49,59)(H,50,60)(H,52,61)/t19?,21?,22?,24-,25?,26?,28+,34?,35?,39-,45+/m1/s1. The van der Waals surface area contributed by atoms with Gasteiger partial charge in [-0.05, 0) is 19.9 Å². The molecule has 0 radical (unpaired) electrons. The molecule has 0 spiro atoms. The SMILES string of the molecule is COC1=CC=CC2C(=O)c3c(O)c4c(c(O)c3C(=O)C12)[C@@H](OC1C[C@@H](N)[C@H](O)C(C)O1)C[C@](O)(C(CO)=NNC(=O)CNC(=O)CNC(=O)CC(NC(=O)CNC(C)=O)C(=O)N1CC(O)CC1C(C)=O)C4. The summed E-state index contributed by atoms with van der Waals surface area (Å²) in [7, 11) is 1.31. The van der Waals surface area contributed by atoms with Gasteiger partial charge in [-0.1, -0.05) is 12.2 Å². The molecule has 2 aliphatic heterocycles. The maximum atomic E-state index is 14.1. The number of amides is 6. The predicted molar refractivity (Wildman–Crippen MR) is 240 cm³/mol. The largest absolute Gasteiger partial charge is 0.507 e. The number of aromatic hydroxyl groups is 2. The van der Waals surface area contributed by atoms with E-state index < -0.39 is 193 Å². The third-order valence-electron chi connectivity index (χ3n) is 13.0. The Kier molecular flexibility index (Phi) is 16.8. The number of benzene rings is 1. The van der Waals surface area contributed by atoms with Crippen LogP contribution in [-0.2, 0) is 54.2 Å². The van der Waals surface area contributed by atoms with Crippen LogP contribution in [0.2, 0.25) is 0 Å². The summed E-state index contributed by atoms with van der Waals surface area (Å²) in [5.41, 5.74) is 3.86. The Labute approximate surface area is 405 Å². The minimum absolute atomic E-state index is 0.0669. The first-order valence-corrected chi connectivity index (χ1v) is 22.6. The number of hydrogen-bond acceptors (Lipinski definition) is 20. The number of carbonyl (C=O) groups is 9. The number of nitrogens with zero attached hydrogens (tertiary/aromatic N) is 2. The molecule has 2 heterocycles. The number of phenolic OH excluding ortho intramolecular Hbond substituents is 2. The molecule has 6 amide bonds. The summed E-state index contributed by atoms with van der Waals surface area (Å²) in [6.07, 6.45) is -3.38. The Hall–Kier alpha value is -6.68. The Morgan fingerprint density at radius 3 is 2.25 bits per heavy atom. The second-order valence-corrected chi connectivity index (χ2v) is 18.0. The van der Waals surface area contributed by atoms with Crippen LogP contribution < -0.4 is 32.4 Å². The molecule has 1 aromatic carbocycles. The van der Waals surface area contributed by atoms with Crippen LogP contribution in [-0.4, -0.2) is 182 Å². The summed E-state index contributed by atoms with van der Waals surface area (Å²) in [5, 5.41) is 80.1. The van der Waals surface area contributed by atoms with E-state index in [9.17, 15) is 73.8 Å². The zero-order valence-electron chi connectivity index (χ0n) is 39.1. The first-order valence-electron chi connectivity index (χ1n) is 22.6. The van der Waals surface area contributed by atoms with Crippen molar-refractivity contribution in [2.24, 2.45) is 22.7 Å². The van der Waals surface area contributed by atoms with E-state index in [-0.39, 0.29) is 36.3 Å². The topological polar surface area (TPSA) is 404 Å². The third-order valence-corrected chi connectivity index (χ3v) is 13.0. The Morgan fingerprint density at radius 2 is 1.61 bits per heavy atom. The third kappa shape index (κ3) is 11.6. The van der Waals surface area contributed by atoms with Gasteiger partial charge < -0.3 is 76.8 Å². The number of nitrogens with two attached hydrogens (primary N) is 1. The van der Waals surface area contributed by atoms with Crippen molar-refractivity contribution in [3.05, 3.63) is 46.2 Å². The van der Waals surface area contributed by atoms with Gasteiger partial charge in [-0.3, -0.25) is 43.2 Å². The number of rotatable bonds is 17. The fourth-order valence-electron chi connectivity index (χ4n) is 9.40. The number of β-amino-alcohol motifs (C(OH)–C–C–N with tert-alkyl or cyclic N) is 1. The van der Waals surface area contributed by atoms with Crippen molar-refractivity contribution in [2.75, 3.05) is 39.9 Å². The molecule has 0 aromatic heterocycles. The number of methoxy groups -OCH3 is 1. The molecule has 0 bridgehead atoms. The van der Waals surface area contributed by atoms with Gasteiger partial charge in [0.25, 0.3) is 5.91 Å². The van der Waals surface area contributed by atoms with E-state index >= 15 is 0 Å². The normalized spacial score (nSPS) is 28.3. The average molecular weight is 999 g/mol. The number of ketones is 3. The number of allylic oxidation sites excluding steroid dienone is 4. The average Bonchev–Trinajstić information content (AvgIpc) is 3.72. The Bertz CT molecular complexity index is 2450. The number of aliphatic hydroxyl groups is 4. The molecule has 26 nitrogen and oxygen atoms in total. The molecule has 386 valence electrons. The number of Topliss-reactive ketones (excluding diaryl/α,β-unsaturated/α-hetero) is 3. The van der Waals surface area contributed by atoms with Crippen molar-refractivity contribution in [3.63, 3.8) is 0 Å². The summed E-state index contributed by atoms with van der Waals surface area (Å²) in [6, 6.07) is -3.46. The summed E-state index contributed by atoms with van der Waals surface area (Å²) >= 11 is 0. The molecule has 26 heteroatoms. The molecule has 71 heavy (non-hydrogen) atoms. The maximum Gasteiger partial charge on any atom is 0.259 e. The summed E-state index contributed by atoms with van der Waals surface area (Å²) in [4.78, 5) is 117. The number of hydrogen-bond donors (Lipinski definition) is 12. The van der Waals surface area contributed by atoms with Crippen LogP contribution in [0.5, 0.6) is 11.5 Å². The number of hydrazone groups is 1. The molecule has 2 fully saturated rings. The number of phenols is 2. The van der Waals surface area contributed by atoms with E-state index in [4.69, 9.17) is 19.9 Å². The van der Waals surface area contributed by atoms with Crippen LogP contribution in [0.3, 0.4) is 0 Å². The van der Waals surface area contributed by atoms with Crippen LogP contribution in [0.4, 0.5) is 0 Å². The zero-order valence-corrected chi connectivity index (χ0v) is 39.1. The van der Waals surface area contributed by atoms with Crippen molar-refractivity contribution in [1.82, 2.24) is 31.6 Å². The van der Waals surface area contributed by atoms with Gasteiger partial charge in [0, 0.05) is 56.3 Å². The van der Waals surface area contributed by atoms with Crippen molar-refractivity contribution in [3.8, 4) is 11.5 Å². The molecular weight excluding hydrogens is 941 g/mol. The summed E-state index contributed by atoms with van der Waals surface area (Å²) < 4.78 is 17.5. The fourth-order valence-corrected chi connectivity index (χ4v) is 9.40. The van der Waals surface area contributed by atoms with E-state index in [1.807, 2.05) is 0 Å². The molecule has 0 saturated carbocycles. The maximum absolute atomic E-state index is 14.1. The Balaban J connectivity index is 1.15. The van der Waals surface area contributed by atoms with Gasteiger partial charge in [-0.25, -0.2) is 5.43 Å². The molecule has 2 saturated heterocycles. The smallest absolute Gasteiger partial charge is 0.259 e. The lowest BCUT2D eigenvalue weighted by molar-refractivity contribution is -0.245.